The van der Waals surface area contributed by atoms with E-state index in [0.29, 0.717) is 0 Å². The minimum atomic E-state index is -0.927. The van der Waals surface area contributed by atoms with Gasteiger partial charge in [0.15, 0.2) is 0 Å². The topological polar surface area (TPSA) is 49.8 Å². The van der Waals surface area contributed by atoms with Crippen molar-refractivity contribution >= 4 is 12.0 Å². The fourth-order valence-corrected chi connectivity index (χ4v) is 2.93. The van der Waals surface area contributed by atoms with E-state index in [4.69, 9.17) is 9.84 Å². The van der Waals surface area contributed by atoms with E-state index in [-0.39, 0.29) is 11.7 Å². The summed E-state index contributed by atoms with van der Waals surface area (Å²) >= 11 is 0. The maximum absolute atomic E-state index is 10.6. The molecule has 1 aromatic carbocycles. The van der Waals surface area contributed by atoms with E-state index in [1.165, 1.54) is 11.6 Å². The molecule has 1 atom stereocenters. The van der Waals surface area contributed by atoms with Crippen LogP contribution in [0.25, 0.3) is 6.08 Å². The average molecular weight is 289 g/mol. The van der Waals surface area contributed by atoms with Crippen LogP contribution in [0.2, 0.25) is 0 Å². The van der Waals surface area contributed by atoms with E-state index in [2.05, 4.69) is 31.7 Å². The van der Waals surface area contributed by atoms with Gasteiger partial charge in [-0.2, -0.15) is 0 Å². The van der Waals surface area contributed by atoms with Gasteiger partial charge < -0.3 is 9.84 Å². The highest BCUT2D eigenvalue weighted by atomic mass is 16.5. The van der Waals surface area contributed by atoms with E-state index < -0.39 is 5.97 Å². The van der Waals surface area contributed by atoms with Gasteiger partial charge in [0.2, 0.25) is 0 Å². The van der Waals surface area contributed by atoms with Gasteiger partial charge in [0.1, 0.15) is 0 Å². The fraction of sp³-hybridized carbons (Fsp3) is 0.471. The van der Waals surface area contributed by atoms with Gasteiger partial charge >= 0.3 is 5.97 Å². The predicted molar refractivity (Wildman–Crippen MR) is 83.0 cm³/mol. The lowest BCUT2D eigenvalue weighted by atomic mass is 10.0. The predicted octanol–water partition coefficient (Wildman–Crippen LogP) is 2.78. The lowest BCUT2D eigenvalue weighted by molar-refractivity contribution is -0.131. The van der Waals surface area contributed by atoms with Crippen LogP contribution in [0.5, 0.6) is 0 Å². The molecular weight excluding hydrogens is 266 g/mol. The molecule has 0 aromatic heterocycles. The summed E-state index contributed by atoms with van der Waals surface area (Å²) < 4.78 is 5.91. The van der Waals surface area contributed by atoms with Crippen molar-refractivity contribution in [3.63, 3.8) is 0 Å². The lowest BCUT2D eigenvalue weighted by Gasteiger charge is -2.41. The van der Waals surface area contributed by atoms with Crippen molar-refractivity contribution < 1.29 is 14.6 Å². The van der Waals surface area contributed by atoms with Crippen molar-refractivity contribution in [3.8, 4) is 0 Å². The summed E-state index contributed by atoms with van der Waals surface area (Å²) in [5.74, 6) is -0.927. The molecule has 1 aliphatic heterocycles. The van der Waals surface area contributed by atoms with Crippen molar-refractivity contribution in [2.24, 2.45) is 0 Å². The SMILES string of the molecule is CC1CN(Cc2cccc(C=CC(=O)O)c2)CC(C)(C)O1. The third kappa shape index (κ3) is 4.99. The van der Waals surface area contributed by atoms with Gasteiger partial charge in [-0.25, -0.2) is 4.79 Å². The van der Waals surface area contributed by atoms with E-state index in [0.717, 1.165) is 25.2 Å². The first-order valence-electron chi connectivity index (χ1n) is 7.24. The van der Waals surface area contributed by atoms with Crippen LogP contribution in [0, 0.1) is 0 Å². The zero-order chi connectivity index (χ0) is 15.5. The van der Waals surface area contributed by atoms with Crippen LogP contribution < -0.4 is 0 Å². The van der Waals surface area contributed by atoms with Crippen molar-refractivity contribution in [1.82, 2.24) is 4.90 Å². The standard InChI is InChI=1S/C17H23NO3/c1-13-10-18(12-17(2,3)21-13)11-15-6-4-5-14(9-15)7-8-16(19)20/h4-9,13H,10-12H2,1-3H3,(H,19,20). The molecule has 0 aliphatic carbocycles. The second-order valence-electron chi connectivity index (χ2n) is 6.27. The first-order valence-corrected chi connectivity index (χ1v) is 7.24. The van der Waals surface area contributed by atoms with Crippen LogP contribution in [0.4, 0.5) is 0 Å². The first kappa shape index (κ1) is 15.7. The molecule has 1 unspecified atom stereocenters. The Balaban J connectivity index is 2.05. The van der Waals surface area contributed by atoms with E-state index in [9.17, 15) is 4.79 Å². The Morgan fingerprint density at radius 2 is 2.29 bits per heavy atom. The largest absolute Gasteiger partial charge is 0.478 e. The summed E-state index contributed by atoms with van der Waals surface area (Å²) in [5.41, 5.74) is 1.97. The van der Waals surface area contributed by atoms with Crippen LogP contribution >= 0.6 is 0 Å². The molecule has 1 aliphatic rings. The molecule has 1 fully saturated rings. The van der Waals surface area contributed by atoms with Crippen molar-refractivity contribution in [1.29, 1.82) is 0 Å². The number of hydrogen-bond donors (Lipinski definition) is 1. The third-order valence-corrected chi connectivity index (χ3v) is 3.42. The molecule has 4 heteroatoms. The lowest BCUT2D eigenvalue weighted by Crippen LogP contribution is -2.51. The summed E-state index contributed by atoms with van der Waals surface area (Å²) in [5, 5.41) is 8.68. The summed E-state index contributed by atoms with van der Waals surface area (Å²) in [6, 6.07) is 7.98. The van der Waals surface area contributed by atoms with Gasteiger partial charge in [0, 0.05) is 25.7 Å². The number of morpholine rings is 1. The highest BCUT2D eigenvalue weighted by Gasteiger charge is 2.30. The molecule has 0 bridgehead atoms. The fourth-order valence-electron chi connectivity index (χ4n) is 2.93. The molecular formula is C17H23NO3. The molecule has 114 valence electrons. The maximum Gasteiger partial charge on any atom is 0.328 e. The number of ether oxygens (including phenoxy) is 1. The summed E-state index contributed by atoms with van der Waals surface area (Å²) in [6.45, 7) is 8.99. The molecule has 21 heavy (non-hydrogen) atoms. The Kier molecular flexibility index (Phi) is 4.80. The smallest absolute Gasteiger partial charge is 0.328 e. The summed E-state index contributed by atoms with van der Waals surface area (Å²) in [4.78, 5) is 13.0. The van der Waals surface area contributed by atoms with Gasteiger partial charge in [0.25, 0.3) is 0 Å². The van der Waals surface area contributed by atoms with Crippen molar-refractivity contribution in [3.05, 3.63) is 41.5 Å². The Morgan fingerprint density at radius 3 is 2.95 bits per heavy atom. The molecule has 2 rings (SSSR count). The number of rotatable bonds is 4. The van der Waals surface area contributed by atoms with Crippen LogP contribution in [-0.2, 0) is 16.1 Å². The third-order valence-electron chi connectivity index (χ3n) is 3.42. The quantitative estimate of drug-likeness (QED) is 0.866. The molecule has 1 N–H and O–H groups in total. The zero-order valence-corrected chi connectivity index (χ0v) is 12.9. The number of hydrogen-bond acceptors (Lipinski definition) is 3. The number of carboxylic acid groups (broad SMARTS) is 1. The van der Waals surface area contributed by atoms with E-state index in [1.54, 1.807) is 6.08 Å². The van der Waals surface area contributed by atoms with Gasteiger partial charge in [-0.05, 0) is 38.0 Å². The Hall–Kier alpha value is -1.65. The van der Waals surface area contributed by atoms with Crippen LogP contribution in [0.1, 0.15) is 31.9 Å². The van der Waals surface area contributed by atoms with E-state index >= 15 is 0 Å². The monoisotopic (exact) mass is 289 g/mol. The highest BCUT2D eigenvalue weighted by Crippen LogP contribution is 2.22. The number of benzene rings is 1. The molecule has 0 spiro atoms. The minimum absolute atomic E-state index is 0.127. The summed E-state index contributed by atoms with van der Waals surface area (Å²) in [6.07, 6.45) is 3.01. The molecule has 4 nitrogen and oxygen atoms in total. The maximum atomic E-state index is 10.6. The second kappa shape index (κ2) is 6.41. The number of aliphatic carboxylic acids is 1. The van der Waals surface area contributed by atoms with Gasteiger partial charge in [-0.15, -0.1) is 0 Å². The number of carboxylic acids is 1. The number of carbonyl (C=O) groups is 1. The van der Waals surface area contributed by atoms with Gasteiger partial charge in [-0.1, -0.05) is 24.3 Å². The Labute approximate surface area is 126 Å². The minimum Gasteiger partial charge on any atom is -0.478 e. The molecule has 0 saturated carbocycles. The zero-order valence-electron chi connectivity index (χ0n) is 12.9. The van der Waals surface area contributed by atoms with Crippen molar-refractivity contribution in [2.75, 3.05) is 13.1 Å². The molecule has 0 radical (unpaired) electrons. The van der Waals surface area contributed by atoms with Crippen LogP contribution in [-0.4, -0.2) is 40.8 Å². The summed E-state index contributed by atoms with van der Waals surface area (Å²) in [7, 11) is 0. The molecule has 1 heterocycles. The normalized spacial score (nSPS) is 22.5. The van der Waals surface area contributed by atoms with Crippen LogP contribution in [0.3, 0.4) is 0 Å². The second-order valence-corrected chi connectivity index (χ2v) is 6.27. The van der Waals surface area contributed by atoms with Gasteiger partial charge in [0.05, 0.1) is 11.7 Å². The number of nitrogens with zero attached hydrogens (tertiary/aromatic N) is 1. The van der Waals surface area contributed by atoms with Crippen LogP contribution in [0.15, 0.2) is 30.3 Å². The van der Waals surface area contributed by atoms with E-state index in [1.807, 2.05) is 18.2 Å². The molecule has 1 aromatic rings. The highest BCUT2D eigenvalue weighted by molar-refractivity contribution is 5.85. The van der Waals surface area contributed by atoms with Gasteiger partial charge in [-0.3, -0.25) is 4.90 Å². The molecule has 0 amide bonds. The Morgan fingerprint density at radius 1 is 1.52 bits per heavy atom. The first-order chi connectivity index (χ1) is 9.84. The average Bonchev–Trinajstić information content (AvgIpc) is 2.34. The van der Waals surface area contributed by atoms with Crippen molar-refractivity contribution in [2.45, 2.75) is 39.0 Å². The molecule has 1 saturated heterocycles. The Bertz CT molecular complexity index is 537.